The monoisotopic (exact) mass is 319 g/mol. The van der Waals surface area contributed by atoms with E-state index in [2.05, 4.69) is 13.8 Å². The average Bonchev–Trinajstić information content (AvgIpc) is 2.35. The van der Waals surface area contributed by atoms with Gasteiger partial charge >= 0.3 is 5.51 Å². The number of quaternary nitrogens is 1. The van der Waals surface area contributed by atoms with Crippen LogP contribution in [0, 0.1) is 0 Å². The van der Waals surface area contributed by atoms with Gasteiger partial charge in [-0.25, -0.2) is 8.42 Å². The SMILES string of the molecule is CCCCC1CCCC[NH+]1CC.O=S(=O)([O-])C(F)(F)F. The van der Waals surface area contributed by atoms with E-state index < -0.39 is 15.6 Å². The van der Waals surface area contributed by atoms with E-state index in [4.69, 9.17) is 13.0 Å². The van der Waals surface area contributed by atoms with Crippen molar-refractivity contribution in [2.75, 3.05) is 13.1 Å². The van der Waals surface area contributed by atoms with Gasteiger partial charge in [0.15, 0.2) is 10.1 Å². The van der Waals surface area contributed by atoms with E-state index in [9.17, 15) is 13.2 Å². The molecule has 0 aliphatic carbocycles. The molecule has 0 spiro atoms. The molecule has 0 saturated carbocycles. The van der Waals surface area contributed by atoms with Crippen LogP contribution in [0.4, 0.5) is 13.2 Å². The minimum Gasteiger partial charge on any atom is -0.741 e. The Hall–Kier alpha value is -0.340. The lowest BCUT2D eigenvalue weighted by atomic mass is 9.97. The van der Waals surface area contributed by atoms with Gasteiger partial charge in [-0.3, -0.25) is 0 Å². The molecule has 1 aliphatic rings. The summed E-state index contributed by atoms with van der Waals surface area (Å²) in [5, 5.41) is 0. The molecule has 1 fully saturated rings. The Bertz CT molecular complexity index is 357. The summed E-state index contributed by atoms with van der Waals surface area (Å²) in [6.07, 6.45) is 8.72. The molecule has 8 heteroatoms. The molecule has 0 amide bonds. The number of nitrogens with one attached hydrogen (secondary N) is 1. The van der Waals surface area contributed by atoms with Crippen LogP contribution < -0.4 is 4.90 Å². The Labute approximate surface area is 119 Å². The van der Waals surface area contributed by atoms with E-state index in [0.29, 0.717) is 0 Å². The third-order valence-corrected chi connectivity index (χ3v) is 4.09. The van der Waals surface area contributed by atoms with Crippen molar-refractivity contribution in [3.8, 4) is 0 Å². The Balaban J connectivity index is 0.000000396. The molecule has 1 saturated heterocycles. The van der Waals surface area contributed by atoms with Crippen LogP contribution in [0.15, 0.2) is 0 Å². The molecule has 1 rings (SSSR count). The normalized spacial score (nSPS) is 23.9. The molecule has 0 aromatic rings. The fourth-order valence-corrected chi connectivity index (χ4v) is 2.42. The molecule has 2 unspecified atom stereocenters. The number of rotatable bonds is 4. The van der Waals surface area contributed by atoms with Gasteiger partial charge in [0, 0.05) is 0 Å². The molecule has 122 valence electrons. The lowest BCUT2D eigenvalue weighted by Crippen LogP contribution is -3.16. The Morgan fingerprint density at radius 3 is 2.20 bits per heavy atom. The molecule has 1 heterocycles. The van der Waals surface area contributed by atoms with Crippen LogP contribution in [0.3, 0.4) is 0 Å². The molecular formula is C12H24F3NO3S. The number of hydrogen-bond acceptors (Lipinski definition) is 3. The minimum absolute atomic E-state index is 1.00. The zero-order valence-corrected chi connectivity index (χ0v) is 12.8. The van der Waals surface area contributed by atoms with Crippen LogP contribution in [0.1, 0.15) is 52.4 Å². The Kier molecular flexibility index (Phi) is 8.69. The van der Waals surface area contributed by atoms with Gasteiger partial charge in [0.25, 0.3) is 0 Å². The number of piperidine rings is 1. The van der Waals surface area contributed by atoms with Crippen molar-refractivity contribution in [2.24, 2.45) is 0 Å². The number of hydrogen-bond donors (Lipinski definition) is 1. The maximum Gasteiger partial charge on any atom is 0.485 e. The number of unbranched alkanes of at least 4 members (excludes halogenated alkanes) is 1. The molecule has 4 nitrogen and oxygen atoms in total. The number of likely N-dealkylation sites (tertiary alicyclic amines) is 1. The summed E-state index contributed by atoms with van der Waals surface area (Å²) in [5.41, 5.74) is -5.65. The van der Waals surface area contributed by atoms with Gasteiger partial charge in [0.2, 0.25) is 0 Å². The predicted octanol–water partition coefficient (Wildman–Crippen LogP) is 1.69. The largest absolute Gasteiger partial charge is 0.741 e. The lowest BCUT2D eigenvalue weighted by Gasteiger charge is -2.31. The van der Waals surface area contributed by atoms with E-state index in [0.717, 1.165) is 6.04 Å². The first kappa shape index (κ1) is 19.7. The zero-order valence-electron chi connectivity index (χ0n) is 12.0. The van der Waals surface area contributed by atoms with E-state index in [1.807, 2.05) is 4.90 Å². The van der Waals surface area contributed by atoms with Gasteiger partial charge in [-0.15, -0.1) is 0 Å². The van der Waals surface area contributed by atoms with Crippen molar-refractivity contribution < 1.29 is 31.0 Å². The molecule has 0 aromatic carbocycles. The van der Waals surface area contributed by atoms with Crippen molar-refractivity contribution in [2.45, 2.75) is 63.9 Å². The van der Waals surface area contributed by atoms with Crippen molar-refractivity contribution in [1.82, 2.24) is 0 Å². The second-order valence-corrected chi connectivity index (χ2v) is 6.37. The topological polar surface area (TPSA) is 61.6 Å². The summed E-state index contributed by atoms with van der Waals surface area (Å²) in [7, 11) is -6.09. The third-order valence-electron chi connectivity index (χ3n) is 3.52. The van der Waals surface area contributed by atoms with Crippen LogP contribution in [-0.2, 0) is 10.1 Å². The molecule has 1 aliphatic heterocycles. The molecule has 20 heavy (non-hydrogen) atoms. The van der Waals surface area contributed by atoms with Crippen LogP contribution in [0.25, 0.3) is 0 Å². The quantitative estimate of drug-likeness (QED) is 0.633. The van der Waals surface area contributed by atoms with E-state index in [1.165, 1.54) is 51.6 Å². The molecule has 2 atom stereocenters. The van der Waals surface area contributed by atoms with Crippen molar-refractivity contribution in [3.05, 3.63) is 0 Å². The molecule has 1 N–H and O–H groups in total. The van der Waals surface area contributed by atoms with Crippen molar-refractivity contribution in [1.29, 1.82) is 0 Å². The first-order valence-corrected chi connectivity index (χ1v) is 8.41. The van der Waals surface area contributed by atoms with Crippen LogP contribution in [0.5, 0.6) is 0 Å². The van der Waals surface area contributed by atoms with Crippen LogP contribution >= 0.6 is 0 Å². The summed E-state index contributed by atoms with van der Waals surface area (Å²) in [4.78, 5) is 1.87. The van der Waals surface area contributed by atoms with Gasteiger partial charge in [-0.1, -0.05) is 13.3 Å². The van der Waals surface area contributed by atoms with Gasteiger partial charge in [0.05, 0.1) is 19.1 Å². The second kappa shape index (κ2) is 8.84. The average molecular weight is 319 g/mol. The Morgan fingerprint density at radius 1 is 1.25 bits per heavy atom. The fourth-order valence-electron chi connectivity index (χ4n) is 2.42. The maximum absolute atomic E-state index is 10.7. The molecule has 0 radical (unpaired) electrons. The van der Waals surface area contributed by atoms with E-state index >= 15 is 0 Å². The number of halogens is 3. The molecular weight excluding hydrogens is 295 g/mol. The summed E-state index contributed by atoms with van der Waals surface area (Å²) in [6, 6.07) is 1.00. The first-order valence-electron chi connectivity index (χ1n) is 7.00. The van der Waals surface area contributed by atoms with Gasteiger partial charge < -0.3 is 9.45 Å². The molecule has 0 aromatic heterocycles. The predicted molar refractivity (Wildman–Crippen MR) is 69.3 cm³/mol. The number of alkyl halides is 3. The van der Waals surface area contributed by atoms with Gasteiger partial charge in [0.1, 0.15) is 0 Å². The fraction of sp³-hybridized carbons (Fsp3) is 1.00. The highest BCUT2D eigenvalue weighted by Gasteiger charge is 2.36. The smallest absolute Gasteiger partial charge is 0.485 e. The second-order valence-electron chi connectivity index (χ2n) is 5.00. The highest BCUT2D eigenvalue weighted by molar-refractivity contribution is 7.86. The highest BCUT2D eigenvalue weighted by Crippen LogP contribution is 2.20. The summed E-state index contributed by atoms with van der Waals surface area (Å²) < 4.78 is 58.9. The van der Waals surface area contributed by atoms with Crippen molar-refractivity contribution >= 4 is 10.1 Å². The zero-order chi connectivity index (χ0) is 15.8. The maximum atomic E-state index is 10.7. The highest BCUT2D eigenvalue weighted by atomic mass is 32.2. The van der Waals surface area contributed by atoms with Crippen LogP contribution in [-0.4, -0.2) is 37.6 Å². The molecule has 0 bridgehead atoms. The lowest BCUT2D eigenvalue weighted by molar-refractivity contribution is -0.929. The van der Waals surface area contributed by atoms with Gasteiger partial charge in [-0.05, 0) is 39.0 Å². The van der Waals surface area contributed by atoms with Gasteiger partial charge in [-0.2, -0.15) is 13.2 Å². The third kappa shape index (κ3) is 7.44. The minimum atomic E-state index is -6.09. The first-order chi connectivity index (χ1) is 9.13. The Morgan fingerprint density at radius 2 is 1.80 bits per heavy atom. The summed E-state index contributed by atoms with van der Waals surface area (Å²) in [5.74, 6) is 0. The van der Waals surface area contributed by atoms with E-state index in [1.54, 1.807) is 0 Å². The standard InChI is InChI=1S/C11H23N.CHF3O3S/c1-3-5-8-11-9-6-7-10-12(11)4-2;2-1(3,4)8(5,6)7/h11H,3-10H2,1-2H3;(H,5,6,7). The van der Waals surface area contributed by atoms with Crippen LogP contribution in [0.2, 0.25) is 0 Å². The van der Waals surface area contributed by atoms with E-state index in [-0.39, 0.29) is 0 Å². The summed E-state index contributed by atoms with van der Waals surface area (Å²) >= 11 is 0. The summed E-state index contributed by atoms with van der Waals surface area (Å²) in [6.45, 7) is 7.41. The van der Waals surface area contributed by atoms with Crippen molar-refractivity contribution in [3.63, 3.8) is 0 Å².